The van der Waals surface area contributed by atoms with Gasteiger partial charge in [-0.25, -0.2) is 9.59 Å². The Hall–Kier alpha value is -3.22. The maximum Gasteiger partial charge on any atom is 0.514 e. The lowest BCUT2D eigenvalue weighted by Gasteiger charge is -2.24. The van der Waals surface area contributed by atoms with E-state index in [0.717, 1.165) is 44.9 Å². The number of rotatable bonds is 14. The molecule has 0 saturated carbocycles. The fraction of sp³-hybridized carbons (Fsp3) is 0.632. The SMILES string of the molecule is CC(C)=CCC/C(C)=C/CC/C(C)=C/CCC(C)CCc1c(O)c(OC(=O)OC(C)(C)C)c(C)c(C)c1OC(=O)OC(C)(C)C. The van der Waals surface area contributed by atoms with E-state index in [2.05, 4.69) is 52.8 Å². The molecule has 0 aliphatic heterocycles. The Kier molecular flexibility index (Phi) is 16.0. The van der Waals surface area contributed by atoms with Crippen LogP contribution in [0.15, 0.2) is 34.9 Å². The molecule has 1 atom stereocenters. The van der Waals surface area contributed by atoms with Gasteiger partial charge in [0.2, 0.25) is 0 Å². The molecule has 0 aromatic heterocycles. The van der Waals surface area contributed by atoms with Gasteiger partial charge in [-0.15, -0.1) is 0 Å². The predicted octanol–water partition coefficient (Wildman–Crippen LogP) is 11.4. The molecule has 254 valence electrons. The van der Waals surface area contributed by atoms with E-state index < -0.39 is 23.5 Å². The Morgan fingerprint density at radius 2 is 1.16 bits per heavy atom. The molecule has 0 radical (unpaired) electrons. The number of carbonyl (C=O) groups excluding carboxylic acids is 2. The third kappa shape index (κ3) is 16.1. The lowest BCUT2D eigenvalue weighted by atomic mass is 9.93. The maximum atomic E-state index is 12.7. The van der Waals surface area contributed by atoms with Gasteiger partial charge in [0.05, 0.1) is 0 Å². The second kappa shape index (κ2) is 18.1. The second-order valence-electron chi connectivity index (χ2n) is 14.5. The average Bonchev–Trinajstić information content (AvgIpc) is 2.87. The second-order valence-corrected chi connectivity index (χ2v) is 14.5. The lowest BCUT2D eigenvalue weighted by molar-refractivity contribution is 0.0177. The van der Waals surface area contributed by atoms with Gasteiger partial charge in [0.1, 0.15) is 17.0 Å². The number of ether oxygens (including phenoxy) is 4. The van der Waals surface area contributed by atoms with Crippen molar-refractivity contribution in [2.24, 2.45) is 5.92 Å². The summed E-state index contributed by atoms with van der Waals surface area (Å²) in [6.45, 7) is 24.8. The highest BCUT2D eigenvalue weighted by atomic mass is 16.7. The summed E-state index contributed by atoms with van der Waals surface area (Å²) in [4.78, 5) is 25.2. The molecular weight excluding hydrogens is 568 g/mol. The van der Waals surface area contributed by atoms with Crippen molar-refractivity contribution in [3.05, 3.63) is 51.6 Å². The van der Waals surface area contributed by atoms with Gasteiger partial charge < -0.3 is 24.1 Å². The van der Waals surface area contributed by atoms with E-state index >= 15 is 0 Å². The largest absolute Gasteiger partial charge is 0.514 e. The molecule has 0 saturated heterocycles. The van der Waals surface area contributed by atoms with Crippen molar-refractivity contribution in [3.63, 3.8) is 0 Å². The van der Waals surface area contributed by atoms with Gasteiger partial charge in [-0.1, -0.05) is 41.9 Å². The van der Waals surface area contributed by atoms with Crippen LogP contribution in [0.25, 0.3) is 0 Å². The Labute approximate surface area is 273 Å². The van der Waals surface area contributed by atoms with Crippen LogP contribution in [-0.2, 0) is 15.9 Å². The van der Waals surface area contributed by atoms with E-state index in [1.807, 2.05) is 0 Å². The highest BCUT2D eigenvalue weighted by Gasteiger charge is 2.28. The summed E-state index contributed by atoms with van der Waals surface area (Å²) in [5.41, 5.74) is 4.12. The van der Waals surface area contributed by atoms with Crippen LogP contribution < -0.4 is 9.47 Å². The normalized spacial score (nSPS) is 13.3. The van der Waals surface area contributed by atoms with Crippen LogP contribution in [-0.4, -0.2) is 28.6 Å². The van der Waals surface area contributed by atoms with E-state index in [1.165, 1.54) is 16.7 Å². The van der Waals surface area contributed by atoms with E-state index in [9.17, 15) is 14.7 Å². The first kappa shape index (κ1) is 39.8. The molecular formula is C38H60O7. The van der Waals surface area contributed by atoms with E-state index in [0.29, 0.717) is 29.0 Å². The summed E-state index contributed by atoms with van der Waals surface area (Å²) < 4.78 is 21.9. The molecule has 45 heavy (non-hydrogen) atoms. The fourth-order valence-electron chi connectivity index (χ4n) is 4.68. The topological polar surface area (TPSA) is 91.3 Å². The molecule has 0 fully saturated rings. The Bertz CT molecular complexity index is 1230. The molecule has 0 aliphatic rings. The Balaban J connectivity index is 3.02. The molecule has 0 heterocycles. The number of allylic oxidation sites excluding steroid dienone is 6. The van der Waals surface area contributed by atoms with Crippen molar-refractivity contribution in [1.29, 1.82) is 0 Å². The van der Waals surface area contributed by atoms with Crippen molar-refractivity contribution in [2.75, 3.05) is 0 Å². The standard InChI is InChI=1S/C38H60O7/c1-25(2)17-14-18-26(3)19-15-20-27(4)21-16-22-28(5)23-24-31-32(39)34(43-36(41)45-38(11,12)13)30(7)29(6)33(31)42-35(40)44-37(8,9)10/h17,19,21,28,39H,14-16,18,20,22-24H2,1-13H3/b26-19+,27-21+. The van der Waals surface area contributed by atoms with Crippen molar-refractivity contribution in [3.8, 4) is 17.2 Å². The van der Waals surface area contributed by atoms with Crippen LogP contribution in [0.1, 0.15) is 138 Å². The van der Waals surface area contributed by atoms with Gasteiger partial charge >= 0.3 is 12.3 Å². The third-order valence-corrected chi connectivity index (χ3v) is 7.33. The molecule has 0 amide bonds. The van der Waals surface area contributed by atoms with Gasteiger partial charge in [-0.3, -0.25) is 0 Å². The van der Waals surface area contributed by atoms with Gasteiger partial charge in [0, 0.05) is 11.1 Å². The molecule has 1 unspecified atom stereocenters. The summed E-state index contributed by atoms with van der Waals surface area (Å²) in [6.07, 6.45) is 12.6. The number of hydrogen-bond acceptors (Lipinski definition) is 7. The monoisotopic (exact) mass is 628 g/mol. The van der Waals surface area contributed by atoms with Crippen LogP contribution in [0.2, 0.25) is 0 Å². The maximum absolute atomic E-state index is 12.7. The smallest absolute Gasteiger partial charge is 0.504 e. The van der Waals surface area contributed by atoms with Crippen LogP contribution in [0.4, 0.5) is 9.59 Å². The van der Waals surface area contributed by atoms with Crippen molar-refractivity contribution >= 4 is 12.3 Å². The van der Waals surface area contributed by atoms with E-state index in [4.69, 9.17) is 18.9 Å². The Morgan fingerprint density at radius 1 is 0.711 bits per heavy atom. The number of carbonyl (C=O) groups is 2. The first-order chi connectivity index (χ1) is 20.7. The zero-order chi connectivity index (χ0) is 34.5. The van der Waals surface area contributed by atoms with Crippen LogP contribution in [0.5, 0.6) is 17.2 Å². The van der Waals surface area contributed by atoms with Crippen LogP contribution >= 0.6 is 0 Å². The Morgan fingerprint density at radius 3 is 1.64 bits per heavy atom. The molecule has 0 bridgehead atoms. The van der Waals surface area contributed by atoms with Crippen molar-refractivity contribution in [1.82, 2.24) is 0 Å². The predicted molar refractivity (Wildman–Crippen MR) is 183 cm³/mol. The number of aromatic hydroxyl groups is 1. The van der Waals surface area contributed by atoms with Gasteiger partial charge in [0.25, 0.3) is 0 Å². The summed E-state index contributed by atoms with van der Waals surface area (Å²) in [5, 5.41) is 11.3. The van der Waals surface area contributed by atoms with E-state index in [-0.39, 0.29) is 17.2 Å². The minimum Gasteiger partial charge on any atom is -0.504 e. The highest BCUT2D eigenvalue weighted by Crippen LogP contribution is 2.44. The number of hydrogen-bond donors (Lipinski definition) is 1. The molecule has 7 nitrogen and oxygen atoms in total. The summed E-state index contributed by atoms with van der Waals surface area (Å²) >= 11 is 0. The van der Waals surface area contributed by atoms with Gasteiger partial charge in [-0.2, -0.15) is 0 Å². The third-order valence-electron chi connectivity index (χ3n) is 7.33. The summed E-state index contributed by atoms with van der Waals surface area (Å²) in [7, 11) is 0. The fourth-order valence-corrected chi connectivity index (χ4v) is 4.68. The van der Waals surface area contributed by atoms with Crippen LogP contribution in [0, 0.1) is 19.8 Å². The highest BCUT2D eigenvalue weighted by molar-refractivity contribution is 5.73. The lowest BCUT2D eigenvalue weighted by Crippen LogP contribution is -2.27. The van der Waals surface area contributed by atoms with Gasteiger partial charge in [-0.05, 0) is 146 Å². The molecule has 1 aromatic rings. The first-order valence-corrected chi connectivity index (χ1v) is 16.3. The van der Waals surface area contributed by atoms with Crippen molar-refractivity contribution < 1.29 is 33.6 Å². The average molecular weight is 629 g/mol. The molecule has 7 heteroatoms. The van der Waals surface area contributed by atoms with Crippen LogP contribution in [0.3, 0.4) is 0 Å². The molecule has 1 N–H and O–H groups in total. The number of phenolic OH excluding ortho intramolecular Hbond substituents is 1. The van der Waals surface area contributed by atoms with Crippen molar-refractivity contribution in [2.45, 2.75) is 153 Å². The summed E-state index contributed by atoms with van der Waals surface area (Å²) in [5.74, 6) is 0.315. The summed E-state index contributed by atoms with van der Waals surface area (Å²) in [6, 6.07) is 0. The number of benzene rings is 1. The molecule has 1 aromatic carbocycles. The zero-order valence-corrected chi connectivity index (χ0v) is 30.4. The zero-order valence-electron chi connectivity index (χ0n) is 30.4. The minimum atomic E-state index is -0.919. The quantitative estimate of drug-likeness (QED) is 0.124. The molecule has 1 rings (SSSR count). The molecule has 0 spiro atoms. The molecule has 0 aliphatic carbocycles. The minimum absolute atomic E-state index is 0.000675. The van der Waals surface area contributed by atoms with Gasteiger partial charge in [0.15, 0.2) is 11.5 Å². The van der Waals surface area contributed by atoms with E-state index in [1.54, 1.807) is 55.4 Å². The first-order valence-electron chi connectivity index (χ1n) is 16.3. The number of phenols is 1.